The van der Waals surface area contributed by atoms with E-state index < -0.39 is 0 Å². The van der Waals surface area contributed by atoms with E-state index in [1.165, 1.54) is 11.0 Å². The van der Waals surface area contributed by atoms with Gasteiger partial charge in [0, 0.05) is 36.0 Å². The molecule has 0 saturated carbocycles. The average molecular weight is 375 g/mol. The topological polar surface area (TPSA) is 50.5 Å². The van der Waals surface area contributed by atoms with Gasteiger partial charge in [0.2, 0.25) is 0 Å². The summed E-state index contributed by atoms with van der Waals surface area (Å²) in [4.78, 5) is 26.9. The van der Waals surface area contributed by atoms with Crippen molar-refractivity contribution in [1.82, 2.24) is 4.90 Å². The third-order valence-corrected chi connectivity index (χ3v) is 5.34. The molecule has 0 radical (unpaired) electrons. The summed E-state index contributed by atoms with van der Waals surface area (Å²) in [5.74, 6) is 0.489. The van der Waals surface area contributed by atoms with E-state index in [4.69, 9.17) is 4.42 Å². The van der Waals surface area contributed by atoms with Crippen molar-refractivity contribution in [1.29, 1.82) is 0 Å². The van der Waals surface area contributed by atoms with Crippen molar-refractivity contribution in [2.75, 3.05) is 14.1 Å². The van der Waals surface area contributed by atoms with Gasteiger partial charge in [-0.1, -0.05) is 42.5 Å². The Morgan fingerprint density at radius 1 is 0.926 bits per heavy atom. The zero-order chi connectivity index (χ0) is 19.0. The highest BCUT2D eigenvalue weighted by Crippen LogP contribution is 2.30. The van der Waals surface area contributed by atoms with Gasteiger partial charge in [0.1, 0.15) is 11.3 Å². The number of carbonyl (C=O) groups is 1. The summed E-state index contributed by atoms with van der Waals surface area (Å²) < 4.78 is 6.14. The predicted molar refractivity (Wildman–Crippen MR) is 110 cm³/mol. The molecular weight excluding hydrogens is 358 g/mol. The summed E-state index contributed by atoms with van der Waals surface area (Å²) in [5.41, 5.74) is 1.26. The monoisotopic (exact) mass is 375 g/mol. The summed E-state index contributed by atoms with van der Waals surface area (Å²) >= 11 is 1.14. The van der Waals surface area contributed by atoms with Gasteiger partial charge in [-0.2, -0.15) is 0 Å². The van der Waals surface area contributed by atoms with Crippen LogP contribution in [0.15, 0.2) is 80.8 Å². The van der Waals surface area contributed by atoms with Crippen LogP contribution in [-0.2, 0) is 0 Å². The van der Waals surface area contributed by atoms with Crippen LogP contribution in [0.5, 0.6) is 0 Å². The Bertz CT molecular complexity index is 1230. The van der Waals surface area contributed by atoms with Gasteiger partial charge in [0.15, 0.2) is 5.43 Å². The average Bonchev–Trinajstić information content (AvgIpc) is 2.68. The van der Waals surface area contributed by atoms with Gasteiger partial charge in [0.25, 0.3) is 5.24 Å². The van der Waals surface area contributed by atoms with Gasteiger partial charge >= 0.3 is 0 Å². The summed E-state index contributed by atoms with van der Waals surface area (Å²) in [7, 11) is 3.43. The van der Waals surface area contributed by atoms with E-state index in [-0.39, 0.29) is 10.7 Å². The van der Waals surface area contributed by atoms with Crippen LogP contribution in [0, 0.1) is 0 Å². The molecule has 0 unspecified atom stereocenters. The maximum absolute atomic E-state index is 12.6. The number of rotatable bonds is 2. The van der Waals surface area contributed by atoms with Crippen LogP contribution in [-0.4, -0.2) is 24.2 Å². The van der Waals surface area contributed by atoms with Crippen molar-refractivity contribution < 1.29 is 9.21 Å². The first-order chi connectivity index (χ1) is 13.0. The molecule has 0 fully saturated rings. The summed E-state index contributed by atoms with van der Waals surface area (Å²) in [6.07, 6.45) is 0. The lowest BCUT2D eigenvalue weighted by atomic mass is 10.1. The number of thioether (sulfide) groups is 1. The number of hydrogen-bond donors (Lipinski definition) is 0. The minimum absolute atomic E-state index is 0.0573. The Morgan fingerprint density at radius 2 is 1.74 bits per heavy atom. The van der Waals surface area contributed by atoms with Crippen LogP contribution in [0.1, 0.15) is 0 Å². The van der Waals surface area contributed by atoms with Crippen LogP contribution in [0.3, 0.4) is 0 Å². The van der Waals surface area contributed by atoms with Gasteiger partial charge in [-0.3, -0.25) is 9.59 Å². The first-order valence-corrected chi connectivity index (χ1v) is 9.30. The number of benzene rings is 3. The fourth-order valence-electron chi connectivity index (χ4n) is 2.93. The van der Waals surface area contributed by atoms with Crippen molar-refractivity contribution in [2.45, 2.75) is 4.90 Å². The lowest BCUT2D eigenvalue weighted by Crippen LogP contribution is -2.15. The van der Waals surface area contributed by atoms with E-state index in [0.717, 1.165) is 33.0 Å². The van der Waals surface area contributed by atoms with Crippen LogP contribution in [0.25, 0.3) is 33.1 Å². The third kappa shape index (κ3) is 3.34. The van der Waals surface area contributed by atoms with Crippen LogP contribution in [0.4, 0.5) is 4.79 Å². The second-order valence-corrected chi connectivity index (χ2v) is 7.45. The highest BCUT2D eigenvalue weighted by molar-refractivity contribution is 8.13. The summed E-state index contributed by atoms with van der Waals surface area (Å²) in [6, 6.07) is 20.5. The Kier molecular flexibility index (Phi) is 4.46. The zero-order valence-corrected chi connectivity index (χ0v) is 15.7. The highest BCUT2D eigenvalue weighted by Gasteiger charge is 2.12. The molecule has 0 atom stereocenters. The minimum Gasteiger partial charge on any atom is -0.455 e. The molecule has 1 amide bonds. The van der Waals surface area contributed by atoms with Gasteiger partial charge in [0.05, 0.1) is 5.39 Å². The Balaban J connectivity index is 1.86. The van der Waals surface area contributed by atoms with E-state index in [2.05, 4.69) is 0 Å². The largest absolute Gasteiger partial charge is 0.455 e. The lowest BCUT2D eigenvalue weighted by Gasteiger charge is -2.10. The van der Waals surface area contributed by atoms with Gasteiger partial charge in [-0.05, 0) is 35.3 Å². The Morgan fingerprint density at radius 3 is 2.56 bits per heavy atom. The molecule has 1 aromatic heterocycles. The Hall–Kier alpha value is -3.05. The lowest BCUT2D eigenvalue weighted by molar-refractivity contribution is 0.241. The highest BCUT2D eigenvalue weighted by atomic mass is 32.2. The standard InChI is InChI=1S/C22H17NO3S/c1-23(2)22(25)27-16-8-5-7-15(12-16)20-13-19(24)18-11-10-14-6-3-4-9-17(14)21(18)26-20/h3-13H,1-2H3. The molecule has 0 saturated heterocycles. The molecule has 4 aromatic rings. The number of amides is 1. The second-order valence-electron chi connectivity index (χ2n) is 6.43. The fourth-order valence-corrected chi connectivity index (χ4v) is 3.65. The summed E-state index contributed by atoms with van der Waals surface area (Å²) in [5, 5.41) is 2.43. The number of carbonyl (C=O) groups excluding carboxylic acids is 1. The first-order valence-electron chi connectivity index (χ1n) is 8.48. The SMILES string of the molecule is CN(C)C(=O)Sc1cccc(-c2cc(=O)c3ccc4ccccc4c3o2)c1. The van der Waals surface area contributed by atoms with Crippen LogP contribution >= 0.6 is 11.8 Å². The fraction of sp³-hybridized carbons (Fsp3) is 0.0909. The molecule has 0 aliphatic carbocycles. The van der Waals surface area contributed by atoms with E-state index in [0.29, 0.717) is 16.7 Å². The quantitative estimate of drug-likeness (QED) is 0.348. The van der Waals surface area contributed by atoms with Gasteiger partial charge < -0.3 is 9.32 Å². The maximum atomic E-state index is 12.6. The molecule has 1 heterocycles. The first kappa shape index (κ1) is 17.4. The molecule has 27 heavy (non-hydrogen) atoms. The number of fused-ring (bicyclic) bond motifs is 3. The molecule has 0 spiro atoms. The molecule has 4 rings (SSSR count). The van der Waals surface area contributed by atoms with Crippen LogP contribution < -0.4 is 5.43 Å². The molecule has 0 N–H and O–H groups in total. The molecule has 5 heteroatoms. The van der Waals surface area contributed by atoms with Gasteiger partial charge in [-0.25, -0.2) is 0 Å². The molecule has 0 aliphatic rings. The third-order valence-electron chi connectivity index (χ3n) is 4.31. The van der Waals surface area contributed by atoms with Crippen molar-refractivity contribution in [3.8, 4) is 11.3 Å². The van der Waals surface area contributed by atoms with Crippen molar-refractivity contribution in [2.24, 2.45) is 0 Å². The van der Waals surface area contributed by atoms with Crippen molar-refractivity contribution >= 4 is 38.7 Å². The Labute approximate surface area is 160 Å². The summed E-state index contributed by atoms with van der Waals surface area (Å²) in [6.45, 7) is 0. The zero-order valence-electron chi connectivity index (χ0n) is 14.9. The molecule has 0 aliphatic heterocycles. The molecule has 3 aromatic carbocycles. The van der Waals surface area contributed by atoms with E-state index >= 15 is 0 Å². The van der Waals surface area contributed by atoms with E-state index in [9.17, 15) is 9.59 Å². The van der Waals surface area contributed by atoms with E-state index in [1.54, 1.807) is 20.2 Å². The smallest absolute Gasteiger partial charge is 0.285 e. The van der Waals surface area contributed by atoms with Crippen LogP contribution in [0.2, 0.25) is 0 Å². The molecule has 134 valence electrons. The van der Waals surface area contributed by atoms with E-state index in [1.807, 2.05) is 54.6 Å². The number of nitrogens with zero attached hydrogens (tertiary/aromatic N) is 1. The van der Waals surface area contributed by atoms with Gasteiger partial charge in [-0.15, -0.1) is 0 Å². The van der Waals surface area contributed by atoms with Crippen molar-refractivity contribution in [3.63, 3.8) is 0 Å². The minimum atomic E-state index is -0.0839. The molecule has 0 bridgehead atoms. The normalized spacial score (nSPS) is 11.0. The predicted octanol–water partition coefficient (Wildman–Crippen LogP) is 5.39. The maximum Gasteiger partial charge on any atom is 0.285 e. The second kappa shape index (κ2) is 6.93. The molecule has 4 nitrogen and oxygen atoms in total. The number of hydrogen-bond acceptors (Lipinski definition) is 4. The van der Waals surface area contributed by atoms with Crippen molar-refractivity contribution in [3.05, 3.63) is 77.0 Å². The molecular formula is C22H17NO3S.